The van der Waals surface area contributed by atoms with Crippen molar-refractivity contribution in [1.29, 1.82) is 0 Å². The summed E-state index contributed by atoms with van der Waals surface area (Å²) in [5, 5.41) is 0. The summed E-state index contributed by atoms with van der Waals surface area (Å²) in [5.74, 6) is 5.60. The van der Waals surface area contributed by atoms with Crippen LogP contribution in [0.15, 0.2) is 11.6 Å². The first-order valence-electron chi connectivity index (χ1n) is 15.0. The second kappa shape index (κ2) is 10.4. The number of fused-ring (bicyclic) bond motifs is 5. The molecule has 0 aromatic rings. The maximum absolute atomic E-state index is 6.49. The van der Waals surface area contributed by atoms with E-state index in [9.17, 15) is 0 Å². The lowest BCUT2D eigenvalue weighted by molar-refractivity contribution is -0.0738. The van der Waals surface area contributed by atoms with Crippen LogP contribution in [0.1, 0.15) is 132 Å². The molecule has 1 nitrogen and oxygen atoms in total. The highest BCUT2D eigenvalue weighted by atomic mass is 16.5. The zero-order valence-electron chi connectivity index (χ0n) is 23.3. The van der Waals surface area contributed by atoms with Gasteiger partial charge in [0.2, 0.25) is 0 Å². The lowest BCUT2D eigenvalue weighted by Crippen LogP contribution is -2.51. The van der Waals surface area contributed by atoms with Crippen molar-refractivity contribution in [2.75, 3.05) is 0 Å². The summed E-state index contributed by atoms with van der Waals surface area (Å²) in [4.78, 5) is 0. The van der Waals surface area contributed by atoms with Crippen LogP contribution in [0.4, 0.5) is 0 Å². The van der Waals surface area contributed by atoms with Gasteiger partial charge in [-0.15, -0.1) is 0 Å². The number of ether oxygens (including phenoxy) is 1. The first-order valence-corrected chi connectivity index (χ1v) is 15.0. The molecule has 9 atom stereocenters. The van der Waals surface area contributed by atoms with Gasteiger partial charge < -0.3 is 4.74 Å². The van der Waals surface area contributed by atoms with Crippen LogP contribution in [0.5, 0.6) is 0 Å². The maximum atomic E-state index is 6.49. The van der Waals surface area contributed by atoms with Gasteiger partial charge in [0.1, 0.15) is 0 Å². The van der Waals surface area contributed by atoms with Crippen LogP contribution in [0.25, 0.3) is 0 Å². The second-order valence-corrected chi connectivity index (χ2v) is 13.9. The first-order chi connectivity index (χ1) is 15.7. The fraction of sp³-hybridized carbons (Fsp3) is 0.938. The predicted octanol–water partition coefficient (Wildman–Crippen LogP) is 9.60. The third kappa shape index (κ3) is 5.01. The molecule has 0 radical (unpaired) electrons. The van der Waals surface area contributed by atoms with Gasteiger partial charge in [-0.3, -0.25) is 0 Å². The third-order valence-corrected chi connectivity index (χ3v) is 11.4. The summed E-state index contributed by atoms with van der Waals surface area (Å²) in [7, 11) is 0. The SMILES string of the molecule is CCCC(C)OC1CCC2(C)C(=CCC3C2CCC2(C)C(C(C)CCCC(C)C)CCC32)C1. The predicted molar refractivity (Wildman–Crippen MR) is 142 cm³/mol. The standard InChI is InChI=1S/C32H56O/c1-8-10-24(5)33-26-17-19-31(6)25(21-26)13-14-27-29-16-15-28(23(4)12-9-11-22(2)3)32(29,7)20-18-30(27)31/h13,22-24,26-30H,8-12,14-21H2,1-7H3. The van der Waals surface area contributed by atoms with Gasteiger partial charge in [0, 0.05) is 0 Å². The molecule has 0 aromatic carbocycles. The highest BCUT2D eigenvalue weighted by molar-refractivity contribution is 5.25. The molecule has 0 saturated heterocycles. The van der Waals surface area contributed by atoms with Crippen molar-refractivity contribution in [2.24, 2.45) is 46.3 Å². The van der Waals surface area contributed by atoms with E-state index in [1.54, 1.807) is 5.57 Å². The Balaban J connectivity index is 1.43. The molecule has 0 amide bonds. The molecule has 9 unspecified atom stereocenters. The lowest BCUT2D eigenvalue weighted by Gasteiger charge is -2.58. The minimum absolute atomic E-state index is 0.426. The van der Waals surface area contributed by atoms with Gasteiger partial charge >= 0.3 is 0 Å². The zero-order valence-corrected chi connectivity index (χ0v) is 23.3. The van der Waals surface area contributed by atoms with E-state index in [-0.39, 0.29) is 0 Å². The number of hydrogen-bond acceptors (Lipinski definition) is 1. The molecular weight excluding hydrogens is 400 g/mol. The van der Waals surface area contributed by atoms with Crippen molar-refractivity contribution in [2.45, 2.75) is 144 Å². The van der Waals surface area contributed by atoms with E-state index in [4.69, 9.17) is 4.74 Å². The summed E-state index contributed by atoms with van der Waals surface area (Å²) in [6.07, 6.45) is 21.6. The Labute approximate surface area is 206 Å². The van der Waals surface area contributed by atoms with E-state index >= 15 is 0 Å². The Kier molecular flexibility index (Phi) is 8.09. The van der Waals surface area contributed by atoms with Gasteiger partial charge in [-0.25, -0.2) is 0 Å². The van der Waals surface area contributed by atoms with E-state index < -0.39 is 0 Å². The average Bonchev–Trinajstić information content (AvgIpc) is 3.11. The molecule has 0 spiro atoms. The van der Waals surface area contributed by atoms with Crippen LogP contribution in [0, 0.1) is 46.3 Å². The molecule has 4 aliphatic rings. The van der Waals surface area contributed by atoms with Crippen molar-refractivity contribution in [3.63, 3.8) is 0 Å². The van der Waals surface area contributed by atoms with E-state index in [1.165, 1.54) is 83.5 Å². The molecule has 0 heterocycles. The van der Waals surface area contributed by atoms with Gasteiger partial charge in [0.05, 0.1) is 12.2 Å². The third-order valence-electron chi connectivity index (χ3n) is 11.4. The Hall–Kier alpha value is -0.300. The average molecular weight is 457 g/mol. The maximum Gasteiger partial charge on any atom is 0.0616 e. The van der Waals surface area contributed by atoms with E-state index in [0.29, 0.717) is 23.0 Å². The second-order valence-electron chi connectivity index (χ2n) is 13.9. The van der Waals surface area contributed by atoms with Crippen molar-refractivity contribution in [3.05, 3.63) is 11.6 Å². The number of allylic oxidation sites excluding steroid dienone is 1. The molecule has 0 bridgehead atoms. The number of rotatable bonds is 9. The van der Waals surface area contributed by atoms with E-state index in [2.05, 4.69) is 54.5 Å². The fourth-order valence-electron chi connectivity index (χ4n) is 9.57. The van der Waals surface area contributed by atoms with Gasteiger partial charge in [-0.1, -0.05) is 78.9 Å². The minimum Gasteiger partial charge on any atom is -0.375 e. The molecule has 0 N–H and O–H groups in total. The van der Waals surface area contributed by atoms with E-state index in [0.717, 1.165) is 35.5 Å². The van der Waals surface area contributed by atoms with Crippen LogP contribution in [-0.2, 0) is 4.74 Å². The monoisotopic (exact) mass is 456 g/mol. The van der Waals surface area contributed by atoms with Crippen LogP contribution < -0.4 is 0 Å². The van der Waals surface area contributed by atoms with Crippen LogP contribution >= 0.6 is 0 Å². The van der Waals surface area contributed by atoms with Gasteiger partial charge in [-0.05, 0) is 111 Å². The molecule has 190 valence electrons. The van der Waals surface area contributed by atoms with Gasteiger partial charge in [0.25, 0.3) is 0 Å². The summed E-state index contributed by atoms with van der Waals surface area (Å²) >= 11 is 0. The van der Waals surface area contributed by atoms with Crippen LogP contribution in [0.3, 0.4) is 0 Å². The highest BCUT2D eigenvalue weighted by Gasteiger charge is 2.59. The molecule has 4 rings (SSSR count). The summed E-state index contributed by atoms with van der Waals surface area (Å²) < 4.78 is 6.49. The largest absolute Gasteiger partial charge is 0.375 e. The topological polar surface area (TPSA) is 9.23 Å². The molecule has 4 aliphatic carbocycles. The van der Waals surface area contributed by atoms with Gasteiger partial charge in [-0.2, -0.15) is 0 Å². The van der Waals surface area contributed by atoms with E-state index in [1.807, 2.05) is 0 Å². The summed E-state index contributed by atoms with van der Waals surface area (Å²) in [6.45, 7) is 17.3. The molecule has 3 saturated carbocycles. The molecule has 0 aliphatic heterocycles. The molecule has 1 heteroatoms. The fourth-order valence-corrected chi connectivity index (χ4v) is 9.57. The normalized spacial score (nSPS) is 42.3. The summed E-state index contributed by atoms with van der Waals surface area (Å²) in [6, 6.07) is 0. The quantitative estimate of drug-likeness (QED) is 0.314. The van der Waals surface area contributed by atoms with Crippen molar-refractivity contribution >= 4 is 0 Å². The zero-order chi connectivity index (χ0) is 23.8. The van der Waals surface area contributed by atoms with Crippen molar-refractivity contribution in [1.82, 2.24) is 0 Å². The van der Waals surface area contributed by atoms with Crippen LogP contribution in [-0.4, -0.2) is 12.2 Å². The van der Waals surface area contributed by atoms with Crippen molar-refractivity contribution in [3.8, 4) is 0 Å². The van der Waals surface area contributed by atoms with Crippen LogP contribution in [0.2, 0.25) is 0 Å². The molecule has 33 heavy (non-hydrogen) atoms. The Morgan fingerprint density at radius 2 is 1.73 bits per heavy atom. The molecule has 0 aromatic heterocycles. The number of hydrogen-bond donors (Lipinski definition) is 0. The summed E-state index contributed by atoms with van der Waals surface area (Å²) in [5.41, 5.74) is 2.85. The first kappa shape index (κ1) is 25.8. The smallest absolute Gasteiger partial charge is 0.0616 e. The highest BCUT2D eigenvalue weighted by Crippen LogP contribution is 2.67. The van der Waals surface area contributed by atoms with Gasteiger partial charge in [0.15, 0.2) is 0 Å². The minimum atomic E-state index is 0.426. The van der Waals surface area contributed by atoms with Crippen molar-refractivity contribution < 1.29 is 4.74 Å². The lowest BCUT2D eigenvalue weighted by atomic mass is 9.47. The Morgan fingerprint density at radius 1 is 0.939 bits per heavy atom. The Morgan fingerprint density at radius 3 is 2.45 bits per heavy atom. The Bertz CT molecular complexity index is 678. The molecular formula is C32H56O. The molecule has 3 fully saturated rings.